The first-order chi connectivity index (χ1) is 16.6. The van der Waals surface area contributed by atoms with E-state index in [2.05, 4.69) is 54.9 Å². The van der Waals surface area contributed by atoms with Crippen molar-refractivity contribution in [2.24, 2.45) is 7.05 Å². The van der Waals surface area contributed by atoms with E-state index in [1.165, 1.54) is 12.0 Å². The number of hydrogen-bond donors (Lipinski definition) is 2. The summed E-state index contributed by atoms with van der Waals surface area (Å²) in [6, 6.07) is 17.5. The van der Waals surface area contributed by atoms with Crippen molar-refractivity contribution in [1.29, 1.82) is 0 Å². The average Bonchev–Trinajstić information content (AvgIpc) is 3.25. The van der Waals surface area contributed by atoms with E-state index in [-0.39, 0.29) is 11.9 Å². The molecule has 0 unspecified atom stereocenters. The standard InChI is InChI=1S/C25H26N8O/c1-32-13-11-20(19-8-3-4-9-22(19)32)29-25(34)17-6-5-7-18(14-17)27-15-23-30-31-24(33(23)2)21-10-12-26-16-28-21/h3-10,12,14,16,20,27H,11,13,15H2,1-2H3,(H,29,34)/t20-/m1/s1. The molecule has 3 heterocycles. The van der Waals surface area contributed by atoms with Gasteiger partial charge in [-0.1, -0.05) is 24.3 Å². The van der Waals surface area contributed by atoms with Crippen LogP contribution in [0.5, 0.6) is 0 Å². The Morgan fingerprint density at radius 2 is 1.97 bits per heavy atom. The summed E-state index contributed by atoms with van der Waals surface area (Å²) in [6.07, 6.45) is 4.04. The summed E-state index contributed by atoms with van der Waals surface area (Å²) >= 11 is 0. The molecule has 1 atom stereocenters. The van der Waals surface area contributed by atoms with E-state index >= 15 is 0 Å². The molecule has 0 saturated carbocycles. The maximum atomic E-state index is 13.1. The predicted octanol–water partition coefficient (Wildman–Crippen LogP) is 3.20. The summed E-state index contributed by atoms with van der Waals surface area (Å²) in [5, 5.41) is 15.1. The zero-order chi connectivity index (χ0) is 23.5. The largest absolute Gasteiger partial charge is 0.378 e. The van der Waals surface area contributed by atoms with E-state index in [0.29, 0.717) is 23.6 Å². The number of carbonyl (C=O) groups is 1. The molecule has 0 fully saturated rings. The molecule has 2 aromatic carbocycles. The zero-order valence-corrected chi connectivity index (χ0v) is 19.1. The summed E-state index contributed by atoms with van der Waals surface area (Å²) in [6.45, 7) is 1.36. The number of benzene rings is 2. The lowest BCUT2D eigenvalue weighted by Crippen LogP contribution is -2.36. The van der Waals surface area contributed by atoms with Crippen LogP contribution in [-0.4, -0.2) is 44.2 Å². The number of aromatic nitrogens is 5. The van der Waals surface area contributed by atoms with E-state index in [1.807, 2.05) is 48.0 Å². The highest BCUT2D eigenvalue weighted by Gasteiger charge is 2.24. The minimum absolute atomic E-state index is 0.00428. The van der Waals surface area contributed by atoms with Gasteiger partial charge in [0.05, 0.1) is 12.6 Å². The van der Waals surface area contributed by atoms with Crippen LogP contribution in [0.4, 0.5) is 11.4 Å². The van der Waals surface area contributed by atoms with Crippen molar-refractivity contribution in [1.82, 2.24) is 30.0 Å². The predicted molar refractivity (Wildman–Crippen MR) is 130 cm³/mol. The fourth-order valence-electron chi connectivity index (χ4n) is 4.23. The average molecular weight is 455 g/mol. The second kappa shape index (κ2) is 9.30. The third-order valence-corrected chi connectivity index (χ3v) is 6.13. The minimum Gasteiger partial charge on any atom is -0.378 e. The monoisotopic (exact) mass is 454 g/mol. The Labute approximate surface area is 197 Å². The van der Waals surface area contributed by atoms with Gasteiger partial charge in [0.2, 0.25) is 0 Å². The van der Waals surface area contributed by atoms with Gasteiger partial charge >= 0.3 is 0 Å². The van der Waals surface area contributed by atoms with Crippen molar-refractivity contribution >= 4 is 17.3 Å². The van der Waals surface area contributed by atoms with Crippen molar-refractivity contribution in [3.05, 3.63) is 84.1 Å². The van der Waals surface area contributed by atoms with Crippen molar-refractivity contribution in [2.45, 2.75) is 19.0 Å². The number of nitrogens with one attached hydrogen (secondary N) is 2. The third kappa shape index (κ3) is 4.32. The van der Waals surface area contributed by atoms with Gasteiger partial charge in [-0.25, -0.2) is 9.97 Å². The first-order valence-electron chi connectivity index (χ1n) is 11.2. The minimum atomic E-state index is -0.0855. The Morgan fingerprint density at radius 1 is 1.09 bits per heavy atom. The van der Waals surface area contributed by atoms with Crippen LogP contribution in [0, 0.1) is 0 Å². The number of carbonyl (C=O) groups excluding carboxylic acids is 1. The summed E-state index contributed by atoms with van der Waals surface area (Å²) < 4.78 is 1.89. The molecule has 0 aliphatic carbocycles. The van der Waals surface area contributed by atoms with E-state index in [0.717, 1.165) is 30.0 Å². The van der Waals surface area contributed by atoms with Crippen molar-refractivity contribution in [3.8, 4) is 11.5 Å². The van der Waals surface area contributed by atoms with Gasteiger partial charge in [-0.2, -0.15) is 0 Å². The van der Waals surface area contributed by atoms with Gasteiger partial charge in [0.15, 0.2) is 11.6 Å². The van der Waals surface area contributed by atoms with E-state index in [9.17, 15) is 4.79 Å². The molecule has 5 rings (SSSR count). The maximum Gasteiger partial charge on any atom is 0.251 e. The number of para-hydroxylation sites is 1. The van der Waals surface area contributed by atoms with Gasteiger partial charge in [0, 0.05) is 43.8 Å². The second-order valence-electron chi connectivity index (χ2n) is 8.32. The summed E-state index contributed by atoms with van der Waals surface area (Å²) in [5.41, 5.74) is 4.48. The van der Waals surface area contributed by atoms with Gasteiger partial charge in [-0.15, -0.1) is 10.2 Å². The molecule has 9 heteroatoms. The molecule has 0 radical (unpaired) electrons. The molecular formula is C25H26N8O. The maximum absolute atomic E-state index is 13.1. The van der Waals surface area contributed by atoms with Crippen LogP contribution in [0.3, 0.4) is 0 Å². The lowest BCUT2D eigenvalue weighted by molar-refractivity contribution is 0.0934. The van der Waals surface area contributed by atoms with Gasteiger partial charge in [-0.05, 0) is 42.3 Å². The van der Waals surface area contributed by atoms with Crippen LogP contribution in [-0.2, 0) is 13.6 Å². The molecule has 1 aliphatic rings. The molecule has 9 nitrogen and oxygen atoms in total. The Hall–Kier alpha value is -4.27. The smallest absolute Gasteiger partial charge is 0.251 e. The van der Waals surface area contributed by atoms with E-state index < -0.39 is 0 Å². The molecule has 34 heavy (non-hydrogen) atoms. The van der Waals surface area contributed by atoms with Crippen LogP contribution in [0.2, 0.25) is 0 Å². The van der Waals surface area contributed by atoms with Crippen LogP contribution in [0.15, 0.2) is 67.1 Å². The number of anilines is 2. The second-order valence-corrected chi connectivity index (χ2v) is 8.32. The number of nitrogens with zero attached hydrogens (tertiary/aromatic N) is 6. The fraction of sp³-hybridized carbons (Fsp3) is 0.240. The zero-order valence-electron chi connectivity index (χ0n) is 19.1. The molecule has 1 aliphatic heterocycles. The van der Waals surface area contributed by atoms with E-state index in [4.69, 9.17) is 0 Å². The normalized spacial score (nSPS) is 15.0. The molecule has 1 amide bonds. The van der Waals surface area contributed by atoms with Gasteiger partial charge in [0.1, 0.15) is 12.0 Å². The lowest BCUT2D eigenvalue weighted by Gasteiger charge is -2.33. The molecule has 0 spiro atoms. The van der Waals surface area contributed by atoms with Crippen LogP contribution < -0.4 is 15.5 Å². The third-order valence-electron chi connectivity index (χ3n) is 6.13. The fourth-order valence-corrected chi connectivity index (χ4v) is 4.23. The van der Waals surface area contributed by atoms with Crippen molar-refractivity contribution in [3.63, 3.8) is 0 Å². The molecule has 0 bridgehead atoms. The van der Waals surface area contributed by atoms with Crippen molar-refractivity contribution in [2.75, 3.05) is 23.8 Å². The van der Waals surface area contributed by atoms with Crippen LogP contribution in [0.1, 0.15) is 34.2 Å². The highest BCUT2D eigenvalue weighted by molar-refractivity contribution is 5.95. The summed E-state index contributed by atoms with van der Waals surface area (Å²) in [5.74, 6) is 1.34. The first kappa shape index (κ1) is 21.6. The molecule has 172 valence electrons. The molecule has 2 aromatic heterocycles. The highest BCUT2D eigenvalue weighted by atomic mass is 16.1. The molecule has 0 saturated heterocycles. The van der Waals surface area contributed by atoms with Crippen molar-refractivity contribution < 1.29 is 4.79 Å². The SMILES string of the molecule is CN1CC[C@@H](NC(=O)c2cccc(NCc3nnc(-c4ccncn4)n3C)c2)c2ccccc21. The van der Waals surface area contributed by atoms with E-state index in [1.54, 1.807) is 12.3 Å². The quantitative estimate of drug-likeness (QED) is 0.461. The van der Waals surface area contributed by atoms with Gasteiger partial charge in [-0.3, -0.25) is 4.79 Å². The Bertz CT molecular complexity index is 1300. The van der Waals surface area contributed by atoms with Gasteiger partial charge in [0.25, 0.3) is 5.91 Å². The topological polar surface area (TPSA) is 101 Å². The van der Waals surface area contributed by atoms with Crippen LogP contribution >= 0.6 is 0 Å². The lowest BCUT2D eigenvalue weighted by atomic mass is 9.96. The number of amides is 1. The summed E-state index contributed by atoms with van der Waals surface area (Å²) in [7, 11) is 3.98. The Kier molecular flexibility index (Phi) is 5.90. The van der Waals surface area contributed by atoms with Crippen LogP contribution in [0.25, 0.3) is 11.5 Å². The Morgan fingerprint density at radius 3 is 2.82 bits per heavy atom. The molecule has 2 N–H and O–H groups in total. The number of fused-ring (bicyclic) bond motifs is 1. The number of hydrogen-bond acceptors (Lipinski definition) is 7. The summed E-state index contributed by atoms with van der Waals surface area (Å²) in [4.78, 5) is 23.5. The highest BCUT2D eigenvalue weighted by Crippen LogP contribution is 2.32. The molecule has 4 aromatic rings. The molecular weight excluding hydrogens is 428 g/mol. The first-order valence-corrected chi connectivity index (χ1v) is 11.2. The Balaban J connectivity index is 1.26. The number of rotatable bonds is 6. The van der Waals surface area contributed by atoms with Gasteiger partial charge < -0.3 is 20.1 Å².